The number of thiophene rings is 1. The third-order valence-electron chi connectivity index (χ3n) is 3.43. The van der Waals surface area contributed by atoms with Crippen LogP contribution in [-0.4, -0.2) is 35.0 Å². The first-order chi connectivity index (χ1) is 9.61. The predicted molar refractivity (Wildman–Crippen MR) is 82.9 cm³/mol. The normalized spacial score (nSPS) is 15.4. The lowest BCUT2D eigenvalue weighted by atomic mass is 9.99. The lowest BCUT2D eigenvalue weighted by molar-refractivity contribution is -0.139. The maximum Gasteiger partial charge on any atom is 0.326 e. The zero-order chi connectivity index (χ0) is 14.5. The van der Waals surface area contributed by atoms with E-state index in [1.807, 2.05) is 12.3 Å². The fourth-order valence-electron chi connectivity index (χ4n) is 2.33. The predicted octanol–water partition coefficient (Wildman–Crippen LogP) is 2.56. The average Bonchev–Trinajstić information content (AvgIpc) is 2.86. The Bertz CT molecular complexity index is 475. The summed E-state index contributed by atoms with van der Waals surface area (Å²) in [5.41, 5.74) is 1.27. The molecule has 110 valence electrons. The number of carbonyl (C=O) groups is 2. The summed E-state index contributed by atoms with van der Waals surface area (Å²) >= 11 is 3.09. The first-order valence-corrected chi connectivity index (χ1v) is 8.97. The molecule has 0 saturated carbocycles. The lowest BCUT2D eigenvalue weighted by Crippen LogP contribution is -2.40. The minimum Gasteiger partial charge on any atom is -0.480 e. The number of hydrogen-bond acceptors (Lipinski definition) is 4. The fraction of sp³-hybridized carbons (Fsp3) is 0.571. The van der Waals surface area contributed by atoms with Crippen LogP contribution in [0.1, 0.15) is 39.4 Å². The van der Waals surface area contributed by atoms with Gasteiger partial charge in [0.1, 0.15) is 6.04 Å². The third kappa shape index (κ3) is 3.76. The number of aryl methyl sites for hydroxylation is 2. The molecular formula is C14H19NO3S2. The number of fused-ring (bicyclic) bond motifs is 1. The monoisotopic (exact) mass is 313 g/mol. The van der Waals surface area contributed by atoms with E-state index in [1.54, 1.807) is 11.8 Å². The van der Waals surface area contributed by atoms with Gasteiger partial charge in [-0.25, -0.2) is 4.79 Å². The molecule has 20 heavy (non-hydrogen) atoms. The first-order valence-electron chi connectivity index (χ1n) is 6.76. The van der Waals surface area contributed by atoms with Crippen molar-refractivity contribution in [2.75, 3.05) is 12.0 Å². The van der Waals surface area contributed by atoms with Crippen LogP contribution in [-0.2, 0) is 17.6 Å². The number of aliphatic carboxylic acids is 1. The molecule has 0 spiro atoms. The Hall–Kier alpha value is -1.01. The SMILES string of the molecule is CSCCC(NC(=O)c1cc2c(s1)CCCC2)C(=O)O. The summed E-state index contributed by atoms with van der Waals surface area (Å²) < 4.78 is 0. The topological polar surface area (TPSA) is 66.4 Å². The van der Waals surface area contributed by atoms with Crippen molar-refractivity contribution in [2.24, 2.45) is 0 Å². The molecule has 0 fully saturated rings. The number of carboxylic acids is 1. The molecular weight excluding hydrogens is 294 g/mol. The first kappa shape index (κ1) is 15.4. The van der Waals surface area contributed by atoms with Gasteiger partial charge in [0.25, 0.3) is 5.91 Å². The van der Waals surface area contributed by atoms with Crippen molar-refractivity contribution in [3.63, 3.8) is 0 Å². The zero-order valence-electron chi connectivity index (χ0n) is 11.5. The summed E-state index contributed by atoms with van der Waals surface area (Å²) in [6.07, 6.45) is 6.81. The molecule has 6 heteroatoms. The van der Waals surface area contributed by atoms with Crippen molar-refractivity contribution in [1.29, 1.82) is 0 Å². The van der Waals surface area contributed by atoms with Gasteiger partial charge in [-0.2, -0.15) is 11.8 Å². The van der Waals surface area contributed by atoms with Crippen molar-refractivity contribution < 1.29 is 14.7 Å². The minimum absolute atomic E-state index is 0.252. The summed E-state index contributed by atoms with van der Waals surface area (Å²) in [7, 11) is 0. The molecule has 1 aromatic rings. The van der Waals surface area contributed by atoms with Crippen molar-refractivity contribution in [2.45, 2.75) is 38.1 Å². The molecule has 4 nitrogen and oxygen atoms in total. The molecule has 1 unspecified atom stereocenters. The standard InChI is InChI=1S/C14H19NO3S2/c1-19-7-6-10(14(17)18)15-13(16)12-8-9-4-2-3-5-11(9)20-12/h8,10H,2-7H2,1H3,(H,15,16)(H,17,18). The van der Waals surface area contributed by atoms with Crippen LogP contribution in [0.5, 0.6) is 0 Å². The highest BCUT2D eigenvalue weighted by Crippen LogP contribution is 2.29. The summed E-state index contributed by atoms with van der Waals surface area (Å²) in [5, 5.41) is 11.8. The van der Waals surface area contributed by atoms with E-state index in [1.165, 1.54) is 34.6 Å². The van der Waals surface area contributed by atoms with Crippen LogP contribution in [0.4, 0.5) is 0 Å². The third-order valence-corrected chi connectivity index (χ3v) is 5.31. The Morgan fingerprint density at radius 1 is 1.45 bits per heavy atom. The molecule has 0 bridgehead atoms. The van der Waals surface area contributed by atoms with Gasteiger partial charge in [-0.15, -0.1) is 11.3 Å². The molecule has 0 aromatic carbocycles. The molecule has 2 rings (SSSR count). The highest BCUT2D eigenvalue weighted by molar-refractivity contribution is 7.98. The van der Waals surface area contributed by atoms with E-state index in [4.69, 9.17) is 5.11 Å². The number of carbonyl (C=O) groups excluding carboxylic acids is 1. The number of hydrogen-bond donors (Lipinski definition) is 2. The molecule has 1 heterocycles. The van der Waals surface area contributed by atoms with Crippen molar-refractivity contribution in [1.82, 2.24) is 5.32 Å². The molecule has 1 aliphatic carbocycles. The average molecular weight is 313 g/mol. The molecule has 1 aromatic heterocycles. The van der Waals surface area contributed by atoms with Crippen LogP contribution >= 0.6 is 23.1 Å². The smallest absolute Gasteiger partial charge is 0.326 e. The van der Waals surface area contributed by atoms with Crippen LogP contribution in [0.3, 0.4) is 0 Å². The van der Waals surface area contributed by atoms with Gasteiger partial charge in [0.05, 0.1) is 4.88 Å². The van der Waals surface area contributed by atoms with Gasteiger partial charge >= 0.3 is 5.97 Å². The highest BCUT2D eigenvalue weighted by Gasteiger charge is 2.22. The van der Waals surface area contributed by atoms with E-state index in [0.717, 1.165) is 18.6 Å². The van der Waals surface area contributed by atoms with E-state index >= 15 is 0 Å². The second kappa shape index (κ2) is 7.13. The summed E-state index contributed by atoms with van der Waals surface area (Å²) in [5.74, 6) is -0.496. The van der Waals surface area contributed by atoms with E-state index < -0.39 is 12.0 Å². The Balaban J connectivity index is 2.02. The molecule has 0 radical (unpaired) electrons. The van der Waals surface area contributed by atoms with Gasteiger partial charge in [-0.3, -0.25) is 4.79 Å². The second-order valence-corrected chi connectivity index (χ2v) is 7.03. The zero-order valence-corrected chi connectivity index (χ0v) is 13.1. The number of amides is 1. The van der Waals surface area contributed by atoms with Gasteiger partial charge in [0, 0.05) is 4.88 Å². The maximum atomic E-state index is 12.2. The summed E-state index contributed by atoms with van der Waals surface area (Å²) in [6.45, 7) is 0. The van der Waals surface area contributed by atoms with E-state index in [2.05, 4.69) is 5.32 Å². The van der Waals surface area contributed by atoms with Crippen LogP contribution in [0.15, 0.2) is 6.07 Å². The highest BCUT2D eigenvalue weighted by atomic mass is 32.2. The quantitative estimate of drug-likeness (QED) is 0.847. The van der Waals surface area contributed by atoms with Crippen molar-refractivity contribution >= 4 is 35.0 Å². The van der Waals surface area contributed by atoms with Crippen molar-refractivity contribution in [3.8, 4) is 0 Å². The number of nitrogens with one attached hydrogen (secondary N) is 1. The van der Waals surface area contributed by atoms with Crippen LogP contribution < -0.4 is 5.32 Å². The number of rotatable bonds is 6. The Kier molecular flexibility index (Phi) is 5.48. The Morgan fingerprint density at radius 2 is 2.20 bits per heavy atom. The van der Waals surface area contributed by atoms with E-state index in [-0.39, 0.29) is 5.91 Å². The van der Waals surface area contributed by atoms with Crippen LogP contribution in [0.2, 0.25) is 0 Å². The molecule has 1 atom stereocenters. The number of carboxylic acid groups (broad SMARTS) is 1. The van der Waals surface area contributed by atoms with Crippen molar-refractivity contribution in [3.05, 3.63) is 21.4 Å². The van der Waals surface area contributed by atoms with Gasteiger partial charge in [0.15, 0.2) is 0 Å². The van der Waals surface area contributed by atoms with Gasteiger partial charge in [-0.1, -0.05) is 0 Å². The van der Waals surface area contributed by atoms with E-state index in [9.17, 15) is 9.59 Å². The van der Waals surface area contributed by atoms with Gasteiger partial charge in [-0.05, 0) is 55.7 Å². The summed E-state index contributed by atoms with van der Waals surface area (Å²) in [6, 6.07) is 1.14. The molecule has 0 saturated heterocycles. The Labute approximate surface area is 127 Å². The minimum atomic E-state index is -0.964. The Morgan fingerprint density at radius 3 is 2.85 bits per heavy atom. The lowest BCUT2D eigenvalue weighted by Gasteiger charge is -2.12. The summed E-state index contributed by atoms with van der Waals surface area (Å²) in [4.78, 5) is 25.3. The van der Waals surface area contributed by atoms with Crippen LogP contribution in [0, 0.1) is 0 Å². The molecule has 1 aliphatic rings. The molecule has 2 N–H and O–H groups in total. The molecule has 1 amide bonds. The second-order valence-electron chi connectivity index (χ2n) is 4.91. The largest absolute Gasteiger partial charge is 0.480 e. The fourth-order valence-corrected chi connectivity index (χ4v) is 3.95. The number of thioether (sulfide) groups is 1. The van der Waals surface area contributed by atoms with E-state index in [0.29, 0.717) is 11.3 Å². The molecule has 0 aliphatic heterocycles. The van der Waals surface area contributed by atoms with Crippen LogP contribution in [0.25, 0.3) is 0 Å². The van der Waals surface area contributed by atoms with Gasteiger partial charge < -0.3 is 10.4 Å². The van der Waals surface area contributed by atoms with Gasteiger partial charge in [0.2, 0.25) is 0 Å². The maximum absolute atomic E-state index is 12.2.